The molecule has 1 amide bonds. The van der Waals surface area contributed by atoms with Gasteiger partial charge in [0.25, 0.3) is 0 Å². The summed E-state index contributed by atoms with van der Waals surface area (Å²) in [7, 11) is 1.58. The highest BCUT2D eigenvalue weighted by atomic mass is 16.5. The van der Waals surface area contributed by atoms with Crippen LogP contribution in [0, 0.1) is 11.3 Å². The third-order valence-corrected chi connectivity index (χ3v) is 7.97. The Labute approximate surface area is 196 Å². The molecule has 6 heteroatoms. The quantitative estimate of drug-likeness (QED) is 0.733. The number of phenolic OH excluding ortho intramolecular Hbond substituents is 1. The average molecular weight is 450 g/mol. The Morgan fingerprint density at radius 2 is 1.64 bits per heavy atom. The zero-order valence-corrected chi connectivity index (χ0v) is 19.6. The molecule has 6 nitrogen and oxygen atoms in total. The second-order valence-electron chi connectivity index (χ2n) is 9.95. The molecule has 1 aliphatic carbocycles. The number of piperidine rings is 1. The molecule has 1 N–H and O–H groups in total. The minimum Gasteiger partial charge on any atom is -0.504 e. The van der Waals surface area contributed by atoms with Gasteiger partial charge in [-0.3, -0.25) is 14.6 Å². The van der Waals surface area contributed by atoms with Crippen LogP contribution in [0.3, 0.4) is 0 Å². The number of hydrogen-bond acceptors (Lipinski definition) is 5. The van der Waals surface area contributed by atoms with Crippen molar-refractivity contribution in [3.8, 4) is 11.5 Å². The highest BCUT2D eigenvalue weighted by Gasteiger charge is 2.59. The van der Waals surface area contributed by atoms with Gasteiger partial charge in [-0.25, -0.2) is 0 Å². The first-order valence-corrected chi connectivity index (χ1v) is 12.2. The van der Waals surface area contributed by atoms with Crippen LogP contribution in [0.25, 0.3) is 0 Å². The van der Waals surface area contributed by atoms with Gasteiger partial charge in [0.15, 0.2) is 11.5 Å². The summed E-state index contributed by atoms with van der Waals surface area (Å²) < 4.78 is 5.24. The number of benzene rings is 2. The van der Waals surface area contributed by atoms with Gasteiger partial charge in [-0.2, -0.15) is 0 Å². The Morgan fingerprint density at radius 1 is 0.939 bits per heavy atom. The second-order valence-corrected chi connectivity index (χ2v) is 9.95. The standard InChI is InChI=1S/C27H35N3O3/c1-33-24-9-5-8-22(25(24)31)20-28-12-10-27(11-13-28)18-23(27)26(32)30-16-14-29(15-17-30)19-21-6-3-2-4-7-21/h2-9,23,31H,10-20H2,1H3. The van der Waals surface area contributed by atoms with E-state index >= 15 is 0 Å². The maximum Gasteiger partial charge on any atom is 0.226 e. The molecule has 1 saturated carbocycles. The number of hydrogen-bond donors (Lipinski definition) is 1. The molecule has 3 aliphatic rings. The molecule has 33 heavy (non-hydrogen) atoms. The van der Waals surface area contributed by atoms with Gasteiger partial charge in [-0.15, -0.1) is 0 Å². The normalized spacial score (nSPS) is 22.9. The zero-order valence-electron chi connectivity index (χ0n) is 19.6. The van der Waals surface area contributed by atoms with Gasteiger partial charge in [0.05, 0.1) is 7.11 Å². The number of methoxy groups -OCH3 is 1. The van der Waals surface area contributed by atoms with Gasteiger partial charge in [-0.05, 0) is 49.4 Å². The average Bonchev–Trinajstić information content (AvgIpc) is 3.56. The van der Waals surface area contributed by atoms with Crippen molar-refractivity contribution in [3.05, 3.63) is 59.7 Å². The summed E-state index contributed by atoms with van der Waals surface area (Å²) in [6.45, 7) is 7.25. The van der Waals surface area contributed by atoms with E-state index in [1.165, 1.54) is 5.56 Å². The molecular weight excluding hydrogens is 414 g/mol. The highest BCUT2D eigenvalue weighted by Crippen LogP contribution is 2.60. The van der Waals surface area contributed by atoms with Crippen LogP contribution in [0.5, 0.6) is 11.5 Å². The van der Waals surface area contributed by atoms with Crippen molar-refractivity contribution >= 4 is 5.91 Å². The Bertz CT molecular complexity index is 964. The topological polar surface area (TPSA) is 56.2 Å². The molecule has 2 heterocycles. The Hall–Kier alpha value is -2.57. The first kappa shape index (κ1) is 22.2. The third kappa shape index (κ3) is 4.73. The van der Waals surface area contributed by atoms with E-state index in [0.29, 0.717) is 11.7 Å². The molecule has 1 spiro atoms. The van der Waals surface area contributed by atoms with Crippen LogP contribution in [-0.2, 0) is 17.9 Å². The number of ether oxygens (including phenoxy) is 1. The summed E-state index contributed by atoms with van der Waals surface area (Å²) in [6, 6.07) is 16.3. The number of aromatic hydroxyl groups is 1. The van der Waals surface area contributed by atoms with Crippen molar-refractivity contribution in [2.24, 2.45) is 11.3 Å². The number of amides is 1. The van der Waals surface area contributed by atoms with Crippen molar-refractivity contribution in [2.45, 2.75) is 32.4 Å². The van der Waals surface area contributed by atoms with Crippen LogP contribution in [0.2, 0.25) is 0 Å². The van der Waals surface area contributed by atoms with E-state index in [1.54, 1.807) is 13.2 Å². The lowest BCUT2D eigenvalue weighted by Crippen LogP contribution is -2.49. The van der Waals surface area contributed by atoms with Crippen molar-refractivity contribution in [1.82, 2.24) is 14.7 Å². The number of carbonyl (C=O) groups excluding carboxylic acids is 1. The summed E-state index contributed by atoms with van der Waals surface area (Å²) in [4.78, 5) is 20.2. The number of phenols is 1. The van der Waals surface area contributed by atoms with Crippen molar-refractivity contribution < 1.29 is 14.6 Å². The van der Waals surface area contributed by atoms with Crippen molar-refractivity contribution in [2.75, 3.05) is 46.4 Å². The van der Waals surface area contributed by atoms with Gasteiger partial charge in [0.2, 0.25) is 5.91 Å². The molecule has 2 aromatic carbocycles. The summed E-state index contributed by atoms with van der Waals surface area (Å²) in [5.74, 6) is 1.36. The van der Waals surface area contributed by atoms with E-state index in [9.17, 15) is 9.90 Å². The lowest BCUT2D eigenvalue weighted by Gasteiger charge is -2.36. The van der Waals surface area contributed by atoms with Crippen LogP contribution in [0.4, 0.5) is 0 Å². The molecule has 176 valence electrons. The zero-order chi connectivity index (χ0) is 22.8. The SMILES string of the molecule is COc1cccc(CN2CCC3(CC2)CC3C(=O)N2CCN(Cc3ccccc3)CC2)c1O. The number of likely N-dealkylation sites (tertiary alicyclic amines) is 1. The van der Waals surface area contributed by atoms with E-state index in [4.69, 9.17) is 4.74 Å². The van der Waals surface area contributed by atoms with E-state index < -0.39 is 0 Å². The van der Waals surface area contributed by atoms with Gasteiger partial charge in [-0.1, -0.05) is 42.5 Å². The van der Waals surface area contributed by atoms with Gasteiger partial charge in [0, 0.05) is 50.7 Å². The van der Waals surface area contributed by atoms with Crippen LogP contribution < -0.4 is 4.74 Å². The summed E-state index contributed by atoms with van der Waals surface area (Å²) in [6.07, 6.45) is 3.19. The maximum absolute atomic E-state index is 13.2. The second kappa shape index (κ2) is 9.35. The third-order valence-electron chi connectivity index (χ3n) is 7.97. The molecule has 0 radical (unpaired) electrons. The van der Waals surface area contributed by atoms with Crippen LogP contribution in [0.1, 0.15) is 30.4 Å². The first-order valence-electron chi connectivity index (χ1n) is 12.2. The molecule has 1 unspecified atom stereocenters. The molecule has 0 bridgehead atoms. The predicted octanol–water partition coefficient (Wildman–Crippen LogP) is 3.35. The number of carbonyl (C=O) groups is 1. The van der Waals surface area contributed by atoms with Gasteiger partial charge < -0.3 is 14.7 Å². The minimum absolute atomic E-state index is 0.213. The molecule has 2 saturated heterocycles. The number of para-hydroxylation sites is 1. The maximum atomic E-state index is 13.2. The smallest absolute Gasteiger partial charge is 0.226 e. The summed E-state index contributed by atoms with van der Waals surface area (Å²) in [5.41, 5.74) is 2.46. The molecule has 2 aliphatic heterocycles. The Balaban J connectivity index is 1.09. The fraction of sp³-hybridized carbons (Fsp3) is 0.519. The van der Waals surface area contributed by atoms with E-state index in [1.807, 2.05) is 12.1 Å². The van der Waals surface area contributed by atoms with Crippen LogP contribution in [0.15, 0.2) is 48.5 Å². The monoisotopic (exact) mass is 449 g/mol. The predicted molar refractivity (Wildman–Crippen MR) is 128 cm³/mol. The van der Waals surface area contributed by atoms with Gasteiger partial charge >= 0.3 is 0 Å². The fourth-order valence-corrected chi connectivity index (χ4v) is 5.70. The minimum atomic E-state index is 0.213. The fourth-order valence-electron chi connectivity index (χ4n) is 5.70. The van der Waals surface area contributed by atoms with E-state index in [0.717, 1.165) is 77.2 Å². The lowest BCUT2D eigenvalue weighted by molar-refractivity contribution is -0.135. The molecule has 3 fully saturated rings. The molecular formula is C27H35N3O3. The molecule has 1 atom stereocenters. The number of piperazine rings is 1. The van der Waals surface area contributed by atoms with Crippen molar-refractivity contribution in [1.29, 1.82) is 0 Å². The lowest BCUT2D eigenvalue weighted by atomic mass is 9.90. The largest absolute Gasteiger partial charge is 0.504 e. The highest BCUT2D eigenvalue weighted by molar-refractivity contribution is 5.83. The van der Waals surface area contributed by atoms with Crippen LogP contribution >= 0.6 is 0 Å². The molecule has 2 aromatic rings. The van der Waals surface area contributed by atoms with E-state index in [-0.39, 0.29) is 17.1 Å². The first-order chi connectivity index (χ1) is 16.1. The van der Waals surface area contributed by atoms with E-state index in [2.05, 4.69) is 45.0 Å². The Kier molecular flexibility index (Phi) is 6.30. The number of nitrogens with zero attached hydrogens (tertiary/aromatic N) is 3. The Morgan fingerprint density at radius 3 is 2.33 bits per heavy atom. The summed E-state index contributed by atoms with van der Waals surface area (Å²) in [5, 5.41) is 10.4. The molecule has 5 rings (SSSR count). The van der Waals surface area contributed by atoms with Crippen LogP contribution in [-0.4, -0.2) is 72.1 Å². The molecule has 0 aromatic heterocycles. The summed E-state index contributed by atoms with van der Waals surface area (Å²) >= 11 is 0. The number of rotatable bonds is 6. The van der Waals surface area contributed by atoms with Crippen molar-refractivity contribution in [3.63, 3.8) is 0 Å². The van der Waals surface area contributed by atoms with Gasteiger partial charge in [0.1, 0.15) is 0 Å².